The Balaban J connectivity index is 5.56. The zero-order valence-corrected chi connectivity index (χ0v) is 22.5. The van der Waals surface area contributed by atoms with Crippen LogP contribution in [-0.2, 0) is 33.1 Å². The smallest absolute Gasteiger partial charge is 0.342 e. The molecule has 0 radical (unpaired) electrons. The SMILES string of the molecule is O=C(O)CCN(CCN(CCN(CCC(=O)O)CC(=O)O)CC(=O)NCC(P(=O)(O)O)P(=O)(O)O)CC(=O)O. The van der Waals surface area contributed by atoms with E-state index in [0.29, 0.717) is 0 Å². The molecule has 19 nitrogen and oxygen atoms in total. The highest BCUT2D eigenvalue weighted by atomic mass is 31.2. The van der Waals surface area contributed by atoms with E-state index in [1.165, 1.54) is 14.7 Å². The van der Waals surface area contributed by atoms with E-state index in [2.05, 4.69) is 0 Å². The molecule has 0 bridgehead atoms. The quantitative estimate of drug-likeness (QED) is 0.0547. The normalized spacial score (nSPS) is 12.3. The maximum atomic E-state index is 12.5. The number of aliphatic carboxylic acids is 4. The number of rotatable bonds is 22. The first-order valence-corrected chi connectivity index (χ1v) is 14.6. The Morgan fingerprint density at radius 2 is 0.897 bits per heavy atom. The van der Waals surface area contributed by atoms with E-state index >= 15 is 0 Å². The summed E-state index contributed by atoms with van der Waals surface area (Å²) in [7, 11) is -10.6. The summed E-state index contributed by atoms with van der Waals surface area (Å²) in [6, 6.07) is 0. The van der Waals surface area contributed by atoms with Gasteiger partial charge in [0.1, 0.15) is 0 Å². The molecule has 0 saturated carbocycles. The molecule has 0 fully saturated rings. The third-order valence-corrected chi connectivity index (χ3v) is 8.82. The van der Waals surface area contributed by atoms with Crippen LogP contribution >= 0.6 is 15.2 Å². The van der Waals surface area contributed by atoms with Gasteiger partial charge in [-0.25, -0.2) is 0 Å². The summed E-state index contributed by atoms with van der Waals surface area (Å²) in [4.78, 5) is 97.1. The van der Waals surface area contributed by atoms with Gasteiger partial charge in [0.25, 0.3) is 0 Å². The Hall–Kier alpha value is -2.47. The van der Waals surface area contributed by atoms with Crippen molar-refractivity contribution in [3.63, 3.8) is 0 Å². The Morgan fingerprint density at radius 3 is 1.18 bits per heavy atom. The monoisotopic (exact) mass is 608 g/mol. The van der Waals surface area contributed by atoms with Crippen molar-refractivity contribution in [1.29, 1.82) is 0 Å². The molecule has 21 heteroatoms. The topological polar surface area (TPSA) is 303 Å². The van der Waals surface area contributed by atoms with Crippen LogP contribution in [0.4, 0.5) is 0 Å². The van der Waals surface area contributed by atoms with Crippen molar-refractivity contribution >= 4 is 45.0 Å². The lowest BCUT2D eigenvalue weighted by Gasteiger charge is -2.29. The van der Waals surface area contributed by atoms with Gasteiger partial charge in [-0.2, -0.15) is 0 Å². The van der Waals surface area contributed by atoms with E-state index in [9.17, 15) is 52.7 Å². The maximum absolute atomic E-state index is 12.5. The fourth-order valence-electron chi connectivity index (χ4n) is 3.16. The van der Waals surface area contributed by atoms with Crippen LogP contribution in [0.3, 0.4) is 0 Å². The van der Waals surface area contributed by atoms with Crippen molar-refractivity contribution in [2.75, 3.05) is 65.4 Å². The molecule has 0 aromatic carbocycles. The van der Waals surface area contributed by atoms with Gasteiger partial charge >= 0.3 is 39.1 Å². The van der Waals surface area contributed by atoms with E-state index in [1.807, 2.05) is 5.32 Å². The average Bonchev–Trinajstić information content (AvgIpc) is 2.74. The van der Waals surface area contributed by atoms with Gasteiger partial charge in [0.2, 0.25) is 5.91 Å². The van der Waals surface area contributed by atoms with Crippen molar-refractivity contribution in [3.05, 3.63) is 0 Å². The molecular formula is C18H34N4O15P2. The summed E-state index contributed by atoms with van der Waals surface area (Å²) in [6.45, 7) is -3.32. The summed E-state index contributed by atoms with van der Waals surface area (Å²) in [5.41, 5.74) is 0. The van der Waals surface area contributed by atoms with Gasteiger partial charge in [0.05, 0.1) is 32.5 Å². The van der Waals surface area contributed by atoms with Crippen LogP contribution in [0, 0.1) is 0 Å². The summed E-state index contributed by atoms with van der Waals surface area (Å²) in [5.74, 6) is -5.82. The molecule has 0 aromatic heterocycles. The average molecular weight is 608 g/mol. The Kier molecular flexibility index (Phi) is 16.2. The third kappa shape index (κ3) is 18.4. The van der Waals surface area contributed by atoms with Gasteiger partial charge in [-0.3, -0.25) is 47.8 Å². The molecule has 1 amide bonds. The van der Waals surface area contributed by atoms with Gasteiger partial charge in [0.15, 0.2) is 5.40 Å². The van der Waals surface area contributed by atoms with Crippen LogP contribution in [0.25, 0.3) is 0 Å². The Bertz CT molecular complexity index is 889. The first kappa shape index (κ1) is 36.5. The second kappa shape index (κ2) is 17.3. The number of carboxylic acid groups (broad SMARTS) is 4. The van der Waals surface area contributed by atoms with E-state index in [1.54, 1.807) is 0 Å². The van der Waals surface area contributed by atoms with E-state index in [4.69, 9.17) is 20.4 Å². The molecule has 0 heterocycles. The minimum Gasteiger partial charge on any atom is -0.481 e. The molecule has 0 aliphatic carbocycles. The first-order valence-electron chi connectivity index (χ1n) is 11.2. The van der Waals surface area contributed by atoms with Crippen molar-refractivity contribution in [3.8, 4) is 0 Å². The minimum absolute atomic E-state index is 0.0749. The molecule has 39 heavy (non-hydrogen) atoms. The van der Waals surface area contributed by atoms with Crippen molar-refractivity contribution in [2.24, 2.45) is 0 Å². The van der Waals surface area contributed by atoms with Crippen molar-refractivity contribution < 1.29 is 73.1 Å². The van der Waals surface area contributed by atoms with Crippen LogP contribution in [-0.4, -0.2) is 155 Å². The van der Waals surface area contributed by atoms with Gasteiger partial charge < -0.3 is 45.3 Å². The number of amides is 1. The zero-order valence-electron chi connectivity index (χ0n) is 20.7. The van der Waals surface area contributed by atoms with Crippen LogP contribution in [0.2, 0.25) is 0 Å². The summed E-state index contributed by atoms with van der Waals surface area (Å²) in [5, 5.41) is 35.4. The summed E-state index contributed by atoms with van der Waals surface area (Å²) in [6.07, 6.45) is -0.775. The van der Waals surface area contributed by atoms with Crippen LogP contribution in [0.5, 0.6) is 0 Å². The van der Waals surface area contributed by atoms with E-state index in [0.717, 1.165) is 0 Å². The first-order chi connectivity index (χ1) is 17.8. The molecule has 0 aliphatic rings. The highest BCUT2D eigenvalue weighted by molar-refractivity contribution is 7.70. The molecule has 0 rings (SSSR count). The second-order valence-electron chi connectivity index (χ2n) is 8.37. The van der Waals surface area contributed by atoms with Crippen LogP contribution in [0.1, 0.15) is 12.8 Å². The number of hydrogen-bond donors (Lipinski definition) is 9. The van der Waals surface area contributed by atoms with Gasteiger partial charge in [-0.05, 0) is 0 Å². The molecule has 0 saturated heterocycles. The van der Waals surface area contributed by atoms with Crippen LogP contribution in [0.15, 0.2) is 0 Å². The second-order valence-corrected chi connectivity index (χ2v) is 12.4. The molecular weight excluding hydrogens is 574 g/mol. The highest BCUT2D eigenvalue weighted by Crippen LogP contribution is 2.59. The Labute approximate surface area is 222 Å². The standard InChI is InChI=1S/C18H34N4O15P2/c23-13(19-9-18(38(32,33)34)39(35,36)37)10-22(7-5-20(11-16(28)29)3-1-14(24)25)8-6-21(12-17(30)31)4-2-15(26)27/h18H,1-12H2,(H,19,23)(H,24,25)(H,26,27)(H,28,29)(H,30,31)(H2,32,33,34)(H2,35,36,37). The number of carboxylic acids is 4. The van der Waals surface area contributed by atoms with Gasteiger partial charge in [-0.15, -0.1) is 0 Å². The molecule has 0 aliphatic heterocycles. The summed E-state index contributed by atoms with van der Waals surface area (Å²) >= 11 is 0. The number of carbonyl (C=O) groups is 5. The lowest BCUT2D eigenvalue weighted by molar-refractivity contribution is -0.141. The number of carbonyl (C=O) groups excluding carboxylic acids is 1. The van der Waals surface area contributed by atoms with E-state index in [-0.39, 0.29) is 52.1 Å². The molecule has 0 unspecified atom stereocenters. The number of nitrogens with zero attached hydrogens (tertiary/aromatic N) is 3. The van der Waals surface area contributed by atoms with Crippen molar-refractivity contribution in [2.45, 2.75) is 18.2 Å². The number of nitrogens with one attached hydrogen (secondary N) is 1. The third-order valence-electron chi connectivity index (χ3n) is 5.09. The van der Waals surface area contributed by atoms with Crippen molar-refractivity contribution in [1.82, 2.24) is 20.0 Å². The molecule has 0 aromatic rings. The van der Waals surface area contributed by atoms with Gasteiger partial charge in [0, 0.05) is 45.8 Å². The zero-order chi connectivity index (χ0) is 30.4. The van der Waals surface area contributed by atoms with Crippen LogP contribution < -0.4 is 5.32 Å². The lowest BCUT2D eigenvalue weighted by atomic mass is 10.3. The Morgan fingerprint density at radius 1 is 0.564 bits per heavy atom. The predicted octanol–water partition coefficient (Wildman–Crippen LogP) is -3.19. The number of hydrogen-bond acceptors (Lipinski definition) is 10. The lowest BCUT2D eigenvalue weighted by Crippen LogP contribution is -2.47. The summed E-state index contributed by atoms with van der Waals surface area (Å²) < 4.78 is 22.8. The van der Waals surface area contributed by atoms with E-state index < -0.39 is 76.6 Å². The largest absolute Gasteiger partial charge is 0.481 e. The highest BCUT2D eigenvalue weighted by Gasteiger charge is 2.43. The predicted molar refractivity (Wildman–Crippen MR) is 130 cm³/mol. The maximum Gasteiger partial charge on any atom is 0.342 e. The molecule has 9 N–H and O–H groups in total. The fourth-order valence-corrected chi connectivity index (χ4v) is 5.39. The molecule has 0 spiro atoms. The van der Waals surface area contributed by atoms with Gasteiger partial charge in [-0.1, -0.05) is 0 Å². The fraction of sp³-hybridized carbons (Fsp3) is 0.722. The molecule has 0 atom stereocenters. The molecule has 226 valence electrons. The minimum atomic E-state index is -5.31.